The second-order valence-corrected chi connectivity index (χ2v) is 4.50. The van der Waals surface area contributed by atoms with Crippen molar-refractivity contribution in [1.82, 2.24) is 0 Å². The molecule has 1 rings (SSSR count). The van der Waals surface area contributed by atoms with Gasteiger partial charge in [-0.2, -0.15) is 0 Å². The summed E-state index contributed by atoms with van der Waals surface area (Å²) in [5.41, 5.74) is 0. The van der Waals surface area contributed by atoms with Crippen LogP contribution in [-0.4, -0.2) is 17.0 Å². The molecule has 2 atom stereocenters. The van der Waals surface area contributed by atoms with Gasteiger partial charge in [0.05, 0.1) is 6.10 Å². The lowest BCUT2D eigenvalue weighted by molar-refractivity contribution is -0.127. The highest BCUT2D eigenvalue weighted by molar-refractivity contribution is 5.80. The highest BCUT2D eigenvalue weighted by Crippen LogP contribution is 2.29. The Morgan fingerprint density at radius 3 is 2.43 bits per heavy atom. The van der Waals surface area contributed by atoms with Crippen molar-refractivity contribution in [3.05, 3.63) is 0 Å². The van der Waals surface area contributed by atoms with E-state index in [1.165, 1.54) is 19.3 Å². The molecule has 1 aliphatic rings. The first-order valence-corrected chi connectivity index (χ1v) is 5.87. The Kier molecular flexibility index (Phi) is 4.59. The Hall–Kier alpha value is -0.370. The molecule has 0 radical (unpaired) electrons. The van der Waals surface area contributed by atoms with Gasteiger partial charge in [-0.15, -0.1) is 0 Å². The summed E-state index contributed by atoms with van der Waals surface area (Å²) in [7, 11) is 0. The van der Waals surface area contributed by atoms with Crippen LogP contribution in [0.5, 0.6) is 0 Å². The van der Waals surface area contributed by atoms with Crippen LogP contribution >= 0.6 is 0 Å². The number of carbonyl (C=O) groups is 1. The predicted molar refractivity (Wildman–Crippen MR) is 57.0 cm³/mol. The molecule has 0 bridgehead atoms. The zero-order valence-electron chi connectivity index (χ0n) is 9.33. The normalized spacial score (nSPS) is 23.1. The second kappa shape index (κ2) is 5.50. The van der Waals surface area contributed by atoms with Gasteiger partial charge in [-0.3, -0.25) is 4.79 Å². The number of aliphatic hydroxyl groups excluding tert-OH is 1. The van der Waals surface area contributed by atoms with Gasteiger partial charge in [0.25, 0.3) is 0 Å². The minimum Gasteiger partial charge on any atom is -0.392 e. The summed E-state index contributed by atoms with van der Waals surface area (Å²) in [6, 6.07) is 0. The summed E-state index contributed by atoms with van der Waals surface area (Å²) in [4.78, 5) is 11.4. The minimum absolute atomic E-state index is 0.164. The minimum atomic E-state index is -0.400. The summed E-state index contributed by atoms with van der Waals surface area (Å²) < 4.78 is 0. The first kappa shape index (κ1) is 11.7. The average molecular weight is 198 g/mol. The summed E-state index contributed by atoms with van der Waals surface area (Å²) >= 11 is 0. The third-order valence-electron chi connectivity index (χ3n) is 3.50. The Morgan fingerprint density at radius 1 is 1.36 bits per heavy atom. The number of hydrogen-bond acceptors (Lipinski definition) is 2. The van der Waals surface area contributed by atoms with Gasteiger partial charge in [-0.25, -0.2) is 0 Å². The van der Waals surface area contributed by atoms with Crippen molar-refractivity contribution in [1.29, 1.82) is 0 Å². The molecule has 14 heavy (non-hydrogen) atoms. The van der Waals surface area contributed by atoms with Gasteiger partial charge >= 0.3 is 0 Å². The van der Waals surface area contributed by atoms with E-state index in [1.807, 2.05) is 13.8 Å². The van der Waals surface area contributed by atoms with E-state index in [1.54, 1.807) is 0 Å². The van der Waals surface area contributed by atoms with Crippen LogP contribution in [0, 0.1) is 11.8 Å². The van der Waals surface area contributed by atoms with Crippen LogP contribution in [0.4, 0.5) is 0 Å². The fourth-order valence-corrected chi connectivity index (χ4v) is 2.40. The molecule has 1 N–H and O–H groups in total. The zero-order valence-corrected chi connectivity index (χ0v) is 9.33. The number of rotatable bonds is 4. The van der Waals surface area contributed by atoms with Crippen molar-refractivity contribution in [2.75, 3.05) is 0 Å². The molecule has 1 fully saturated rings. The van der Waals surface area contributed by atoms with Gasteiger partial charge in [0.1, 0.15) is 5.78 Å². The second-order valence-electron chi connectivity index (χ2n) is 4.50. The monoisotopic (exact) mass is 198 g/mol. The van der Waals surface area contributed by atoms with E-state index in [-0.39, 0.29) is 11.7 Å². The molecular formula is C12H22O2. The Bertz CT molecular complexity index is 183. The van der Waals surface area contributed by atoms with E-state index in [2.05, 4.69) is 0 Å². The number of carbonyl (C=O) groups excluding carboxylic acids is 1. The maximum Gasteiger partial charge on any atom is 0.138 e. The van der Waals surface area contributed by atoms with Crippen molar-refractivity contribution < 1.29 is 9.90 Å². The number of ketones is 1. The smallest absolute Gasteiger partial charge is 0.138 e. The molecule has 0 saturated heterocycles. The van der Waals surface area contributed by atoms with Gasteiger partial charge in [0.15, 0.2) is 0 Å². The summed E-state index contributed by atoms with van der Waals surface area (Å²) in [5, 5.41) is 10.0. The van der Waals surface area contributed by atoms with E-state index in [0.717, 1.165) is 12.8 Å². The molecule has 0 heterocycles. The molecule has 2 heteroatoms. The lowest BCUT2D eigenvalue weighted by atomic mass is 9.79. The molecule has 82 valence electrons. The SMILES string of the molecule is CCC(=O)[C@@H](C)[C@H](O)C1CCCCC1. The van der Waals surface area contributed by atoms with Crippen LogP contribution < -0.4 is 0 Å². The van der Waals surface area contributed by atoms with Crippen LogP contribution in [-0.2, 0) is 4.79 Å². The molecule has 0 unspecified atom stereocenters. The van der Waals surface area contributed by atoms with E-state index >= 15 is 0 Å². The summed E-state index contributed by atoms with van der Waals surface area (Å²) in [5.74, 6) is 0.403. The summed E-state index contributed by atoms with van der Waals surface area (Å²) in [6.07, 6.45) is 6.07. The Labute approximate surface area is 86.7 Å². The fourth-order valence-electron chi connectivity index (χ4n) is 2.40. The number of Topliss-reactive ketones (excluding diaryl/α,β-unsaturated/α-hetero) is 1. The topological polar surface area (TPSA) is 37.3 Å². The number of aliphatic hydroxyl groups is 1. The van der Waals surface area contributed by atoms with Crippen molar-refractivity contribution in [2.24, 2.45) is 11.8 Å². The van der Waals surface area contributed by atoms with Crippen LogP contribution in [0.3, 0.4) is 0 Å². The Balaban J connectivity index is 2.45. The molecule has 0 aliphatic heterocycles. The third-order valence-corrected chi connectivity index (χ3v) is 3.50. The van der Waals surface area contributed by atoms with Crippen molar-refractivity contribution in [3.8, 4) is 0 Å². The molecule has 0 aromatic rings. The molecular weight excluding hydrogens is 176 g/mol. The maximum absolute atomic E-state index is 11.4. The lowest BCUT2D eigenvalue weighted by Gasteiger charge is -2.29. The van der Waals surface area contributed by atoms with Crippen molar-refractivity contribution in [2.45, 2.75) is 58.5 Å². The zero-order chi connectivity index (χ0) is 10.6. The summed E-state index contributed by atoms with van der Waals surface area (Å²) in [6.45, 7) is 3.73. The molecule has 0 spiro atoms. The maximum atomic E-state index is 11.4. The highest BCUT2D eigenvalue weighted by atomic mass is 16.3. The Morgan fingerprint density at radius 2 is 1.93 bits per heavy atom. The van der Waals surface area contributed by atoms with E-state index in [9.17, 15) is 9.90 Å². The molecule has 1 saturated carbocycles. The van der Waals surface area contributed by atoms with Gasteiger partial charge < -0.3 is 5.11 Å². The van der Waals surface area contributed by atoms with Crippen LogP contribution in [0.15, 0.2) is 0 Å². The van der Waals surface area contributed by atoms with Gasteiger partial charge in [-0.1, -0.05) is 33.1 Å². The molecule has 0 aromatic heterocycles. The van der Waals surface area contributed by atoms with Crippen molar-refractivity contribution in [3.63, 3.8) is 0 Å². The molecule has 1 aliphatic carbocycles. The van der Waals surface area contributed by atoms with E-state index in [0.29, 0.717) is 12.3 Å². The predicted octanol–water partition coefficient (Wildman–Crippen LogP) is 2.54. The molecule has 2 nitrogen and oxygen atoms in total. The average Bonchev–Trinajstić information content (AvgIpc) is 2.27. The van der Waals surface area contributed by atoms with E-state index in [4.69, 9.17) is 0 Å². The standard InChI is InChI=1S/C12H22O2/c1-3-11(13)9(2)12(14)10-7-5-4-6-8-10/h9-10,12,14H,3-8H2,1-2H3/t9-,12+/m1/s1. The van der Waals surface area contributed by atoms with Gasteiger partial charge in [-0.05, 0) is 18.8 Å². The van der Waals surface area contributed by atoms with Gasteiger partial charge in [0, 0.05) is 12.3 Å². The van der Waals surface area contributed by atoms with Crippen molar-refractivity contribution >= 4 is 5.78 Å². The third kappa shape index (κ3) is 2.81. The molecule has 0 aromatic carbocycles. The lowest BCUT2D eigenvalue weighted by Crippen LogP contribution is -2.33. The van der Waals surface area contributed by atoms with Crippen LogP contribution in [0.2, 0.25) is 0 Å². The highest BCUT2D eigenvalue weighted by Gasteiger charge is 2.29. The van der Waals surface area contributed by atoms with Gasteiger partial charge in [0.2, 0.25) is 0 Å². The van der Waals surface area contributed by atoms with E-state index < -0.39 is 6.10 Å². The first-order valence-electron chi connectivity index (χ1n) is 5.87. The first-order chi connectivity index (χ1) is 6.66. The largest absolute Gasteiger partial charge is 0.392 e. The fraction of sp³-hybridized carbons (Fsp3) is 0.917. The van der Waals surface area contributed by atoms with Crippen LogP contribution in [0.25, 0.3) is 0 Å². The molecule has 0 amide bonds. The quantitative estimate of drug-likeness (QED) is 0.753. The van der Waals surface area contributed by atoms with Crippen LogP contribution in [0.1, 0.15) is 52.4 Å². The number of hydrogen-bond donors (Lipinski definition) is 1.